The Bertz CT molecular complexity index is 1240. The average molecular weight is 419 g/mol. The van der Waals surface area contributed by atoms with Crippen LogP contribution in [0.3, 0.4) is 0 Å². The predicted molar refractivity (Wildman–Crippen MR) is 116 cm³/mol. The summed E-state index contributed by atoms with van der Waals surface area (Å²) in [6, 6.07) is 13.1. The molecule has 30 heavy (non-hydrogen) atoms. The van der Waals surface area contributed by atoms with Crippen LogP contribution in [0.5, 0.6) is 0 Å². The molecule has 150 valence electrons. The third-order valence-electron chi connectivity index (χ3n) is 4.72. The van der Waals surface area contributed by atoms with E-state index in [1.807, 2.05) is 37.3 Å². The summed E-state index contributed by atoms with van der Waals surface area (Å²) in [6.45, 7) is 2.21. The van der Waals surface area contributed by atoms with Gasteiger partial charge in [0.1, 0.15) is 5.82 Å². The Morgan fingerprint density at radius 3 is 2.83 bits per heavy atom. The zero-order valence-corrected chi connectivity index (χ0v) is 17.0. The second kappa shape index (κ2) is 8.42. The highest BCUT2D eigenvalue weighted by Gasteiger charge is 2.10. The minimum absolute atomic E-state index is 0.225. The first kappa shape index (κ1) is 19.7. The van der Waals surface area contributed by atoms with E-state index in [9.17, 15) is 4.79 Å². The number of pyridine rings is 2. The highest BCUT2D eigenvalue weighted by molar-refractivity contribution is 6.31. The van der Waals surface area contributed by atoms with Crippen molar-refractivity contribution in [3.8, 4) is 0 Å². The lowest BCUT2D eigenvalue weighted by Crippen LogP contribution is -2.24. The van der Waals surface area contributed by atoms with E-state index in [1.165, 1.54) is 6.20 Å². The van der Waals surface area contributed by atoms with E-state index >= 15 is 0 Å². The van der Waals surface area contributed by atoms with Crippen molar-refractivity contribution in [1.29, 1.82) is 0 Å². The van der Waals surface area contributed by atoms with Gasteiger partial charge in [-0.25, -0.2) is 4.98 Å². The number of nitrogens with two attached hydrogens (primary N) is 1. The predicted octanol–water partition coefficient (Wildman–Crippen LogP) is 3.48. The summed E-state index contributed by atoms with van der Waals surface area (Å²) < 4.78 is 0. The molecule has 0 atom stereocenters. The van der Waals surface area contributed by atoms with Crippen LogP contribution in [-0.2, 0) is 13.0 Å². The molecule has 3 aromatic heterocycles. The van der Waals surface area contributed by atoms with Crippen LogP contribution < -0.4 is 11.1 Å². The van der Waals surface area contributed by atoms with Crippen LogP contribution in [0, 0.1) is 6.92 Å². The van der Waals surface area contributed by atoms with Crippen molar-refractivity contribution in [2.45, 2.75) is 19.9 Å². The zero-order valence-electron chi connectivity index (χ0n) is 16.3. The molecule has 4 rings (SSSR count). The van der Waals surface area contributed by atoms with Gasteiger partial charge in [0.25, 0.3) is 5.91 Å². The fourth-order valence-electron chi connectivity index (χ4n) is 3.17. The van der Waals surface area contributed by atoms with Crippen molar-refractivity contribution in [2.75, 3.05) is 5.73 Å². The number of nitrogens with one attached hydrogen (secondary N) is 1. The van der Waals surface area contributed by atoms with Gasteiger partial charge in [0.2, 0.25) is 0 Å². The number of anilines is 1. The summed E-state index contributed by atoms with van der Waals surface area (Å²) in [7, 11) is 0. The third-order valence-corrected chi connectivity index (χ3v) is 4.93. The van der Waals surface area contributed by atoms with Crippen molar-refractivity contribution < 1.29 is 4.79 Å². The number of benzene rings is 1. The number of aromatic nitrogens is 4. The van der Waals surface area contributed by atoms with Crippen LogP contribution in [0.15, 0.2) is 54.9 Å². The highest BCUT2D eigenvalue weighted by atomic mass is 35.5. The van der Waals surface area contributed by atoms with Crippen LogP contribution in [-0.4, -0.2) is 26.1 Å². The number of fused-ring (bicyclic) bond motifs is 1. The lowest BCUT2D eigenvalue weighted by Gasteiger charge is -2.09. The number of amides is 1. The number of carbonyl (C=O) groups excluding carboxylic acids is 1. The molecular weight excluding hydrogens is 400 g/mol. The molecule has 3 N–H and O–H groups in total. The van der Waals surface area contributed by atoms with E-state index < -0.39 is 0 Å². The van der Waals surface area contributed by atoms with E-state index in [0.29, 0.717) is 35.1 Å². The fourth-order valence-corrected chi connectivity index (χ4v) is 3.33. The maximum absolute atomic E-state index is 12.6. The van der Waals surface area contributed by atoms with Crippen LogP contribution in [0.25, 0.3) is 10.9 Å². The summed E-state index contributed by atoms with van der Waals surface area (Å²) in [5, 5.41) is 12.6. The SMILES string of the molecule is Cc1nc(N)ccc1CNC(=O)c1cnnc(Cc2ccc3ncc(Cl)cc3c2)c1. The molecule has 8 heteroatoms. The van der Waals surface area contributed by atoms with Gasteiger partial charge < -0.3 is 11.1 Å². The summed E-state index contributed by atoms with van der Waals surface area (Å²) in [4.78, 5) is 21.1. The Labute approximate surface area is 178 Å². The van der Waals surface area contributed by atoms with Crippen molar-refractivity contribution in [1.82, 2.24) is 25.5 Å². The molecule has 0 fully saturated rings. The van der Waals surface area contributed by atoms with E-state index in [1.54, 1.807) is 18.3 Å². The first-order valence-electron chi connectivity index (χ1n) is 9.34. The molecule has 0 bridgehead atoms. The summed E-state index contributed by atoms with van der Waals surface area (Å²) in [5.74, 6) is 0.231. The number of hydrogen-bond acceptors (Lipinski definition) is 6. The molecular formula is C22H19ClN6O. The van der Waals surface area contributed by atoms with E-state index in [0.717, 1.165) is 27.7 Å². The minimum Gasteiger partial charge on any atom is -0.384 e. The van der Waals surface area contributed by atoms with Crippen LogP contribution in [0.2, 0.25) is 5.02 Å². The second-order valence-corrected chi connectivity index (χ2v) is 7.39. The molecule has 3 heterocycles. The maximum Gasteiger partial charge on any atom is 0.253 e. The van der Waals surface area contributed by atoms with Gasteiger partial charge in [0, 0.05) is 30.2 Å². The first-order chi connectivity index (χ1) is 14.5. The van der Waals surface area contributed by atoms with Crippen molar-refractivity contribution >= 4 is 34.2 Å². The van der Waals surface area contributed by atoms with Gasteiger partial charge in [-0.15, -0.1) is 0 Å². The maximum atomic E-state index is 12.6. The number of nitrogen functional groups attached to an aromatic ring is 1. The fraction of sp³-hybridized carbons (Fsp3) is 0.136. The Morgan fingerprint density at radius 1 is 1.13 bits per heavy atom. The summed E-state index contributed by atoms with van der Waals surface area (Å²) >= 11 is 6.04. The third kappa shape index (κ3) is 4.52. The minimum atomic E-state index is -0.225. The normalized spacial score (nSPS) is 10.9. The van der Waals surface area contributed by atoms with E-state index in [2.05, 4.69) is 25.5 Å². The van der Waals surface area contributed by atoms with Crippen LogP contribution in [0.1, 0.15) is 32.9 Å². The van der Waals surface area contributed by atoms with Crippen molar-refractivity contribution in [3.63, 3.8) is 0 Å². The Balaban J connectivity index is 1.47. The van der Waals surface area contributed by atoms with Crippen molar-refractivity contribution in [3.05, 3.63) is 88.0 Å². The largest absolute Gasteiger partial charge is 0.384 e. The van der Waals surface area contributed by atoms with Crippen LogP contribution >= 0.6 is 11.6 Å². The molecule has 0 unspecified atom stereocenters. The molecule has 0 aliphatic rings. The van der Waals surface area contributed by atoms with Gasteiger partial charge in [0.05, 0.1) is 28.0 Å². The number of halogens is 1. The molecule has 0 spiro atoms. The Hall–Kier alpha value is -3.58. The highest BCUT2D eigenvalue weighted by Crippen LogP contribution is 2.19. The zero-order chi connectivity index (χ0) is 21.1. The molecule has 0 radical (unpaired) electrons. The standard InChI is InChI=1S/C22H19ClN6O/c1-13-15(3-5-21(24)28-13)10-26-22(30)17-9-19(29-27-11-17)7-14-2-4-20-16(6-14)8-18(23)12-25-20/h2-6,8-9,11-12H,7,10H2,1H3,(H2,24,28)(H,26,30). The van der Waals surface area contributed by atoms with Gasteiger partial charge in [0.15, 0.2) is 0 Å². The quantitative estimate of drug-likeness (QED) is 0.513. The number of hydrogen-bond donors (Lipinski definition) is 2. The van der Waals surface area contributed by atoms with E-state index in [4.69, 9.17) is 17.3 Å². The second-order valence-electron chi connectivity index (χ2n) is 6.96. The average Bonchev–Trinajstić information content (AvgIpc) is 2.73. The molecule has 0 saturated heterocycles. The van der Waals surface area contributed by atoms with Gasteiger partial charge >= 0.3 is 0 Å². The molecule has 7 nitrogen and oxygen atoms in total. The molecule has 0 aliphatic heterocycles. The van der Waals surface area contributed by atoms with Crippen LogP contribution in [0.4, 0.5) is 5.82 Å². The molecule has 1 aromatic carbocycles. The smallest absolute Gasteiger partial charge is 0.253 e. The van der Waals surface area contributed by atoms with Gasteiger partial charge in [-0.2, -0.15) is 10.2 Å². The van der Waals surface area contributed by atoms with Gasteiger partial charge in [-0.3, -0.25) is 9.78 Å². The lowest BCUT2D eigenvalue weighted by atomic mass is 10.1. The first-order valence-corrected chi connectivity index (χ1v) is 9.72. The van der Waals surface area contributed by atoms with Gasteiger partial charge in [-0.1, -0.05) is 23.7 Å². The number of aryl methyl sites for hydroxylation is 1. The number of nitrogens with zero attached hydrogens (tertiary/aromatic N) is 4. The molecule has 1 amide bonds. The summed E-state index contributed by atoms with van der Waals surface area (Å²) in [6.07, 6.45) is 3.62. The topological polar surface area (TPSA) is 107 Å². The van der Waals surface area contributed by atoms with E-state index in [-0.39, 0.29) is 5.91 Å². The molecule has 0 saturated carbocycles. The van der Waals surface area contributed by atoms with Gasteiger partial charge in [-0.05, 0) is 48.4 Å². The Morgan fingerprint density at radius 2 is 2.00 bits per heavy atom. The lowest BCUT2D eigenvalue weighted by molar-refractivity contribution is 0.0950. The monoisotopic (exact) mass is 418 g/mol. The molecule has 0 aliphatic carbocycles. The number of rotatable bonds is 5. The molecule has 4 aromatic rings. The Kier molecular flexibility index (Phi) is 5.54. The van der Waals surface area contributed by atoms with Crippen molar-refractivity contribution in [2.24, 2.45) is 0 Å². The number of carbonyl (C=O) groups is 1. The summed E-state index contributed by atoms with van der Waals surface area (Å²) in [5.41, 5.74) is 10.4.